The quantitative estimate of drug-likeness (QED) is 0.721. The molecule has 2 atom stereocenters. The second-order valence-electron chi connectivity index (χ2n) is 4.48. The normalized spacial score (nSPS) is 14.5. The molecule has 2 nitrogen and oxygen atoms in total. The zero-order valence-corrected chi connectivity index (χ0v) is 11.6. The molecule has 0 aliphatic carbocycles. The van der Waals surface area contributed by atoms with Crippen LogP contribution in [0.1, 0.15) is 31.2 Å². The molecular formula is C14H23NOS. The summed E-state index contributed by atoms with van der Waals surface area (Å²) >= 11 is 0. The minimum atomic E-state index is -0.649. The average Bonchev–Trinajstić information content (AvgIpc) is 2.34. The van der Waals surface area contributed by atoms with Crippen LogP contribution in [0.5, 0.6) is 0 Å². The van der Waals surface area contributed by atoms with Crippen LogP contribution in [0.2, 0.25) is 0 Å². The van der Waals surface area contributed by atoms with E-state index in [1.54, 1.807) is 6.26 Å². The van der Waals surface area contributed by atoms with Gasteiger partial charge in [0.2, 0.25) is 0 Å². The SMILES string of the molecule is CC(CCNCCCS(C)=O)c1ccccc1. The Hall–Kier alpha value is -0.670. The van der Waals surface area contributed by atoms with Crippen LogP contribution >= 0.6 is 0 Å². The highest BCUT2D eigenvalue weighted by atomic mass is 32.2. The number of hydrogen-bond donors (Lipinski definition) is 1. The summed E-state index contributed by atoms with van der Waals surface area (Å²) in [6.45, 7) is 4.27. The third-order valence-electron chi connectivity index (χ3n) is 2.91. The van der Waals surface area contributed by atoms with E-state index < -0.39 is 10.8 Å². The van der Waals surface area contributed by atoms with Crippen molar-refractivity contribution in [1.29, 1.82) is 0 Å². The Kier molecular flexibility index (Phi) is 7.13. The third-order valence-corrected chi connectivity index (χ3v) is 3.77. The number of nitrogens with one attached hydrogen (secondary N) is 1. The summed E-state index contributed by atoms with van der Waals surface area (Å²) in [5.41, 5.74) is 1.41. The van der Waals surface area contributed by atoms with Gasteiger partial charge in [-0.15, -0.1) is 0 Å². The van der Waals surface area contributed by atoms with Crippen molar-refractivity contribution in [2.24, 2.45) is 0 Å². The van der Waals surface area contributed by atoms with E-state index in [0.29, 0.717) is 5.92 Å². The summed E-state index contributed by atoms with van der Waals surface area (Å²) in [7, 11) is -0.649. The molecule has 0 aromatic heterocycles. The molecule has 0 saturated heterocycles. The summed E-state index contributed by atoms with van der Waals surface area (Å²) in [4.78, 5) is 0. The van der Waals surface area contributed by atoms with E-state index in [2.05, 4.69) is 42.6 Å². The van der Waals surface area contributed by atoms with Crippen LogP contribution in [0.15, 0.2) is 30.3 Å². The fraction of sp³-hybridized carbons (Fsp3) is 0.571. The van der Waals surface area contributed by atoms with Gasteiger partial charge in [-0.25, -0.2) is 0 Å². The van der Waals surface area contributed by atoms with Gasteiger partial charge in [-0.1, -0.05) is 37.3 Å². The minimum absolute atomic E-state index is 0.601. The van der Waals surface area contributed by atoms with E-state index in [9.17, 15) is 4.21 Å². The smallest absolute Gasteiger partial charge is 0.0244 e. The average molecular weight is 253 g/mol. The minimum Gasteiger partial charge on any atom is -0.317 e. The van der Waals surface area contributed by atoms with Crippen molar-refractivity contribution in [3.63, 3.8) is 0 Å². The maximum Gasteiger partial charge on any atom is 0.0244 e. The first-order chi connectivity index (χ1) is 8.20. The highest BCUT2D eigenvalue weighted by molar-refractivity contribution is 7.84. The summed E-state index contributed by atoms with van der Waals surface area (Å²) in [5, 5.41) is 3.41. The number of benzene rings is 1. The molecule has 0 radical (unpaired) electrons. The lowest BCUT2D eigenvalue weighted by Crippen LogP contribution is -2.19. The number of hydrogen-bond acceptors (Lipinski definition) is 2. The first-order valence-electron chi connectivity index (χ1n) is 6.26. The molecule has 1 rings (SSSR count). The van der Waals surface area contributed by atoms with Gasteiger partial charge in [0.1, 0.15) is 0 Å². The zero-order chi connectivity index (χ0) is 12.5. The lowest BCUT2D eigenvalue weighted by Gasteiger charge is -2.12. The van der Waals surface area contributed by atoms with E-state index in [0.717, 1.165) is 31.7 Å². The van der Waals surface area contributed by atoms with Crippen LogP contribution in [0.4, 0.5) is 0 Å². The zero-order valence-electron chi connectivity index (χ0n) is 10.8. The van der Waals surface area contributed by atoms with Crippen molar-refractivity contribution in [2.75, 3.05) is 25.1 Å². The molecule has 0 saturated carbocycles. The van der Waals surface area contributed by atoms with Gasteiger partial charge < -0.3 is 5.32 Å². The lowest BCUT2D eigenvalue weighted by molar-refractivity contribution is 0.590. The summed E-state index contributed by atoms with van der Waals surface area (Å²) in [6, 6.07) is 10.6. The Morgan fingerprint density at radius 2 is 1.94 bits per heavy atom. The molecule has 0 amide bonds. The van der Waals surface area contributed by atoms with Crippen molar-refractivity contribution < 1.29 is 4.21 Å². The van der Waals surface area contributed by atoms with E-state index in [1.165, 1.54) is 5.56 Å². The third kappa shape index (κ3) is 6.59. The molecule has 1 aromatic rings. The summed E-state index contributed by atoms with van der Waals surface area (Å²) in [6.07, 6.45) is 3.92. The lowest BCUT2D eigenvalue weighted by atomic mass is 9.98. The standard InChI is InChI=1S/C14H23NOS/c1-13(14-7-4-3-5-8-14)9-11-15-10-6-12-17(2)16/h3-5,7-8,13,15H,6,9-12H2,1-2H3. The van der Waals surface area contributed by atoms with Crippen LogP contribution < -0.4 is 5.32 Å². The summed E-state index contributed by atoms with van der Waals surface area (Å²) in [5.74, 6) is 1.41. The van der Waals surface area contributed by atoms with E-state index in [4.69, 9.17) is 0 Å². The first-order valence-corrected chi connectivity index (χ1v) is 7.98. The fourth-order valence-corrected chi connectivity index (χ4v) is 2.34. The summed E-state index contributed by atoms with van der Waals surface area (Å²) < 4.78 is 10.9. The molecule has 0 heterocycles. The topological polar surface area (TPSA) is 29.1 Å². The van der Waals surface area contributed by atoms with Crippen molar-refractivity contribution in [1.82, 2.24) is 5.32 Å². The van der Waals surface area contributed by atoms with Gasteiger partial charge in [0.15, 0.2) is 0 Å². The van der Waals surface area contributed by atoms with Crippen molar-refractivity contribution in [3.05, 3.63) is 35.9 Å². The molecule has 0 aliphatic rings. The maximum absolute atomic E-state index is 10.9. The second-order valence-corrected chi connectivity index (χ2v) is 6.04. The maximum atomic E-state index is 10.9. The second kappa shape index (κ2) is 8.43. The molecule has 0 aliphatic heterocycles. The Bertz CT molecular complexity index is 326. The molecule has 0 spiro atoms. The highest BCUT2D eigenvalue weighted by Crippen LogP contribution is 2.17. The van der Waals surface area contributed by atoms with E-state index in [-0.39, 0.29) is 0 Å². The van der Waals surface area contributed by atoms with Gasteiger partial charge in [0.05, 0.1) is 0 Å². The van der Waals surface area contributed by atoms with Gasteiger partial charge in [0, 0.05) is 22.8 Å². The van der Waals surface area contributed by atoms with Gasteiger partial charge in [-0.05, 0) is 37.4 Å². The van der Waals surface area contributed by atoms with Gasteiger partial charge in [0.25, 0.3) is 0 Å². The Balaban J connectivity index is 2.09. The Morgan fingerprint density at radius 1 is 1.24 bits per heavy atom. The van der Waals surface area contributed by atoms with Crippen molar-refractivity contribution in [3.8, 4) is 0 Å². The van der Waals surface area contributed by atoms with Crippen molar-refractivity contribution in [2.45, 2.75) is 25.7 Å². The van der Waals surface area contributed by atoms with Crippen LogP contribution in [0.3, 0.4) is 0 Å². The molecule has 0 fully saturated rings. The first kappa shape index (κ1) is 14.4. The molecule has 1 N–H and O–H groups in total. The van der Waals surface area contributed by atoms with Crippen LogP contribution in [0.25, 0.3) is 0 Å². The number of rotatable bonds is 8. The van der Waals surface area contributed by atoms with Crippen molar-refractivity contribution >= 4 is 10.8 Å². The van der Waals surface area contributed by atoms with Gasteiger partial charge >= 0.3 is 0 Å². The molecule has 3 heteroatoms. The fourth-order valence-electron chi connectivity index (χ4n) is 1.79. The molecule has 1 aromatic carbocycles. The molecule has 96 valence electrons. The highest BCUT2D eigenvalue weighted by Gasteiger charge is 2.03. The molecule has 17 heavy (non-hydrogen) atoms. The predicted octanol–water partition coefficient (Wildman–Crippen LogP) is 2.54. The van der Waals surface area contributed by atoms with E-state index >= 15 is 0 Å². The largest absolute Gasteiger partial charge is 0.317 e. The van der Waals surface area contributed by atoms with Gasteiger partial charge in [-0.3, -0.25) is 4.21 Å². The monoisotopic (exact) mass is 253 g/mol. The molecule has 2 unspecified atom stereocenters. The Morgan fingerprint density at radius 3 is 2.59 bits per heavy atom. The Labute approximate surface area is 107 Å². The molecule has 0 bridgehead atoms. The van der Waals surface area contributed by atoms with Crippen LogP contribution in [-0.4, -0.2) is 29.3 Å². The van der Waals surface area contributed by atoms with Crippen LogP contribution in [0, 0.1) is 0 Å². The van der Waals surface area contributed by atoms with E-state index in [1.807, 2.05) is 0 Å². The molecular weight excluding hydrogens is 230 g/mol. The van der Waals surface area contributed by atoms with Crippen LogP contribution in [-0.2, 0) is 10.8 Å². The van der Waals surface area contributed by atoms with Gasteiger partial charge in [-0.2, -0.15) is 0 Å². The predicted molar refractivity (Wildman–Crippen MR) is 75.9 cm³/mol.